The summed E-state index contributed by atoms with van der Waals surface area (Å²) >= 11 is 0. The molecule has 0 bridgehead atoms. The first-order valence-electron chi connectivity index (χ1n) is 9.78. The highest BCUT2D eigenvalue weighted by Crippen LogP contribution is 2.44. The summed E-state index contributed by atoms with van der Waals surface area (Å²) in [5.41, 5.74) is 5.49. The molecule has 4 rings (SSSR count). The molecule has 6 nitrogen and oxygen atoms in total. The van der Waals surface area contributed by atoms with E-state index in [4.69, 9.17) is 9.84 Å². The molecule has 152 valence electrons. The van der Waals surface area contributed by atoms with Crippen LogP contribution in [0, 0.1) is 0 Å². The highest BCUT2D eigenvalue weighted by atomic mass is 16.5. The number of amides is 2. The summed E-state index contributed by atoms with van der Waals surface area (Å²) in [4.78, 5) is 24.4. The number of carbonyl (C=O) groups excluding carboxylic acids is 2. The number of rotatable bonds is 6. The lowest BCUT2D eigenvalue weighted by Crippen LogP contribution is -2.26. The molecule has 0 aliphatic heterocycles. The van der Waals surface area contributed by atoms with Crippen molar-refractivity contribution in [3.05, 3.63) is 89.5 Å². The molecular formula is C24H22N2O4. The van der Waals surface area contributed by atoms with Crippen molar-refractivity contribution in [3.8, 4) is 11.1 Å². The lowest BCUT2D eigenvalue weighted by atomic mass is 9.98. The third-order valence-electron chi connectivity index (χ3n) is 5.11. The van der Waals surface area contributed by atoms with Crippen molar-refractivity contribution in [1.82, 2.24) is 5.32 Å². The van der Waals surface area contributed by atoms with Crippen LogP contribution in [0.1, 0.15) is 27.4 Å². The summed E-state index contributed by atoms with van der Waals surface area (Å²) in [7, 11) is 0. The van der Waals surface area contributed by atoms with E-state index in [1.54, 1.807) is 24.3 Å². The normalized spacial score (nSPS) is 12.0. The number of hydrogen-bond acceptors (Lipinski definition) is 4. The van der Waals surface area contributed by atoms with Gasteiger partial charge in [0.25, 0.3) is 5.91 Å². The fraction of sp³-hybridized carbons (Fsp3) is 0.167. The van der Waals surface area contributed by atoms with Gasteiger partial charge in [-0.3, -0.25) is 10.1 Å². The number of anilines is 1. The minimum Gasteiger partial charge on any atom is -0.448 e. The number of ether oxygens (including phenoxy) is 1. The van der Waals surface area contributed by atoms with Crippen LogP contribution < -0.4 is 10.6 Å². The zero-order valence-corrected chi connectivity index (χ0v) is 16.3. The van der Waals surface area contributed by atoms with Gasteiger partial charge in [-0.05, 0) is 40.5 Å². The summed E-state index contributed by atoms with van der Waals surface area (Å²) in [5.74, 6) is -0.334. The Morgan fingerprint density at radius 2 is 1.57 bits per heavy atom. The number of benzene rings is 3. The van der Waals surface area contributed by atoms with Crippen molar-refractivity contribution in [1.29, 1.82) is 0 Å². The number of nitrogens with one attached hydrogen (secondary N) is 2. The van der Waals surface area contributed by atoms with Crippen LogP contribution >= 0.6 is 0 Å². The number of hydrogen-bond donors (Lipinski definition) is 3. The number of carbonyl (C=O) groups is 2. The van der Waals surface area contributed by atoms with Gasteiger partial charge in [-0.1, -0.05) is 54.6 Å². The fourth-order valence-electron chi connectivity index (χ4n) is 3.76. The summed E-state index contributed by atoms with van der Waals surface area (Å²) in [5, 5.41) is 14.1. The van der Waals surface area contributed by atoms with Crippen LogP contribution in [0.15, 0.2) is 72.8 Å². The zero-order valence-electron chi connectivity index (χ0n) is 16.3. The zero-order chi connectivity index (χ0) is 20.9. The SMILES string of the molecule is O=C(Nc1cccc(C(=O)NCCO)c1)OCC1c2ccccc2-c2ccccc21. The molecule has 0 unspecified atom stereocenters. The predicted molar refractivity (Wildman–Crippen MR) is 115 cm³/mol. The van der Waals surface area contributed by atoms with Crippen LogP contribution in [0.2, 0.25) is 0 Å². The monoisotopic (exact) mass is 402 g/mol. The average molecular weight is 402 g/mol. The molecule has 3 aromatic carbocycles. The average Bonchev–Trinajstić information content (AvgIpc) is 3.10. The number of aliphatic hydroxyl groups excluding tert-OH is 1. The Balaban J connectivity index is 1.42. The van der Waals surface area contributed by atoms with Gasteiger partial charge in [0.1, 0.15) is 6.61 Å². The van der Waals surface area contributed by atoms with Gasteiger partial charge in [0.2, 0.25) is 0 Å². The van der Waals surface area contributed by atoms with Gasteiger partial charge in [0, 0.05) is 23.7 Å². The van der Waals surface area contributed by atoms with Crippen LogP contribution in [0.4, 0.5) is 10.5 Å². The lowest BCUT2D eigenvalue weighted by Gasteiger charge is -2.15. The van der Waals surface area contributed by atoms with Gasteiger partial charge in [-0.2, -0.15) is 0 Å². The van der Waals surface area contributed by atoms with Gasteiger partial charge in [-0.25, -0.2) is 4.79 Å². The summed E-state index contributed by atoms with van der Waals surface area (Å²) in [6.45, 7) is 0.253. The van der Waals surface area contributed by atoms with Crippen LogP contribution in [0.25, 0.3) is 11.1 Å². The van der Waals surface area contributed by atoms with Crippen molar-refractivity contribution in [2.45, 2.75) is 5.92 Å². The molecule has 0 saturated carbocycles. The van der Waals surface area contributed by atoms with Gasteiger partial charge in [-0.15, -0.1) is 0 Å². The van der Waals surface area contributed by atoms with E-state index >= 15 is 0 Å². The molecule has 0 radical (unpaired) electrons. The lowest BCUT2D eigenvalue weighted by molar-refractivity contribution is 0.0944. The molecule has 6 heteroatoms. The summed E-state index contributed by atoms with van der Waals surface area (Å²) in [6.07, 6.45) is -0.579. The molecule has 3 aromatic rings. The van der Waals surface area contributed by atoms with Crippen LogP contribution in [-0.4, -0.2) is 36.9 Å². The van der Waals surface area contributed by atoms with E-state index in [0.29, 0.717) is 11.3 Å². The maximum absolute atomic E-state index is 12.4. The number of fused-ring (bicyclic) bond motifs is 3. The summed E-state index contributed by atoms with van der Waals surface area (Å²) < 4.78 is 5.53. The molecule has 1 aliphatic rings. The van der Waals surface area contributed by atoms with Gasteiger partial charge >= 0.3 is 6.09 Å². The Kier molecular flexibility index (Phi) is 5.77. The third-order valence-corrected chi connectivity index (χ3v) is 5.11. The van der Waals surface area contributed by atoms with E-state index in [2.05, 4.69) is 34.9 Å². The largest absolute Gasteiger partial charge is 0.448 e. The predicted octanol–water partition coefficient (Wildman–Crippen LogP) is 3.77. The second-order valence-corrected chi connectivity index (χ2v) is 7.01. The van der Waals surface area contributed by atoms with E-state index in [1.807, 2.05) is 24.3 Å². The molecule has 1 aliphatic carbocycles. The van der Waals surface area contributed by atoms with E-state index in [9.17, 15) is 9.59 Å². The fourth-order valence-corrected chi connectivity index (χ4v) is 3.76. The maximum atomic E-state index is 12.4. The molecule has 0 spiro atoms. The van der Waals surface area contributed by atoms with Crippen molar-refractivity contribution < 1.29 is 19.4 Å². The van der Waals surface area contributed by atoms with Crippen molar-refractivity contribution in [2.75, 3.05) is 25.1 Å². The molecule has 30 heavy (non-hydrogen) atoms. The highest BCUT2D eigenvalue weighted by Gasteiger charge is 2.29. The minimum atomic E-state index is -0.579. The Labute approximate surface area is 174 Å². The molecule has 0 fully saturated rings. The quantitative estimate of drug-likeness (QED) is 0.586. The van der Waals surface area contributed by atoms with Crippen molar-refractivity contribution in [2.24, 2.45) is 0 Å². The smallest absolute Gasteiger partial charge is 0.411 e. The Bertz CT molecular complexity index is 1030. The molecule has 3 N–H and O–H groups in total. The molecular weight excluding hydrogens is 380 g/mol. The van der Waals surface area contributed by atoms with Crippen molar-refractivity contribution >= 4 is 17.7 Å². The molecule has 0 atom stereocenters. The van der Waals surface area contributed by atoms with Crippen LogP contribution in [0.5, 0.6) is 0 Å². The minimum absolute atomic E-state index is 0.0151. The Hall–Kier alpha value is -3.64. The number of aliphatic hydroxyl groups is 1. The first-order chi connectivity index (χ1) is 14.7. The Morgan fingerprint density at radius 1 is 0.900 bits per heavy atom. The van der Waals surface area contributed by atoms with Crippen molar-refractivity contribution in [3.63, 3.8) is 0 Å². The molecule has 0 heterocycles. The summed E-state index contributed by atoms with van der Waals surface area (Å²) in [6, 6.07) is 22.9. The first kappa shape index (κ1) is 19.7. The second-order valence-electron chi connectivity index (χ2n) is 7.01. The van der Waals surface area contributed by atoms with E-state index < -0.39 is 6.09 Å². The topological polar surface area (TPSA) is 87.7 Å². The van der Waals surface area contributed by atoms with E-state index in [1.165, 1.54) is 11.1 Å². The molecule has 0 aromatic heterocycles. The maximum Gasteiger partial charge on any atom is 0.411 e. The van der Waals surface area contributed by atoms with Gasteiger partial charge in [0.15, 0.2) is 0 Å². The first-order valence-corrected chi connectivity index (χ1v) is 9.78. The Morgan fingerprint density at radius 3 is 2.23 bits per heavy atom. The van der Waals surface area contributed by atoms with E-state index in [0.717, 1.165) is 11.1 Å². The van der Waals surface area contributed by atoms with Gasteiger partial charge in [0.05, 0.1) is 6.61 Å². The highest BCUT2D eigenvalue weighted by molar-refractivity contribution is 5.96. The molecule has 2 amide bonds. The standard InChI is InChI=1S/C24H22N2O4/c27-13-12-25-23(28)16-6-5-7-17(14-16)26-24(29)30-15-22-20-10-3-1-8-18(20)19-9-2-4-11-21(19)22/h1-11,14,22,27H,12-13,15H2,(H,25,28)(H,26,29). The molecule has 0 saturated heterocycles. The van der Waals surface area contributed by atoms with Gasteiger partial charge < -0.3 is 15.2 Å². The second kappa shape index (κ2) is 8.80. The van der Waals surface area contributed by atoms with E-state index in [-0.39, 0.29) is 31.6 Å². The van der Waals surface area contributed by atoms with Crippen LogP contribution in [0.3, 0.4) is 0 Å². The third kappa shape index (κ3) is 4.04. The van der Waals surface area contributed by atoms with Crippen LogP contribution in [-0.2, 0) is 4.74 Å².